The summed E-state index contributed by atoms with van der Waals surface area (Å²) in [5.74, 6) is -0.202. The summed E-state index contributed by atoms with van der Waals surface area (Å²) in [5, 5.41) is 4.76. The van der Waals surface area contributed by atoms with Crippen molar-refractivity contribution in [2.24, 2.45) is 0 Å². The average Bonchev–Trinajstić information content (AvgIpc) is 2.70. The van der Waals surface area contributed by atoms with E-state index < -0.39 is 0 Å². The summed E-state index contributed by atoms with van der Waals surface area (Å²) in [7, 11) is 0. The fourth-order valence-corrected chi connectivity index (χ4v) is 1.61. The minimum Gasteiger partial charge on any atom is -0.380 e. The summed E-state index contributed by atoms with van der Waals surface area (Å²) in [4.78, 5) is 15.4. The first-order chi connectivity index (χ1) is 7.74. The highest BCUT2D eigenvalue weighted by molar-refractivity contribution is 7.13. The van der Waals surface area contributed by atoms with Gasteiger partial charge in [-0.15, -0.1) is 11.3 Å². The maximum atomic E-state index is 11.5. The first-order valence-corrected chi connectivity index (χ1v) is 6.19. The average molecular weight is 243 g/mol. The molecule has 0 aliphatic heterocycles. The van der Waals surface area contributed by atoms with Gasteiger partial charge in [-0.1, -0.05) is 13.3 Å². The van der Waals surface area contributed by atoms with E-state index in [0.29, 0.717) is 24.0 Å². The van der Waals surface area contributed by atoms with Crippen molar-refractivity contribution in [3.05, 3.63) is 11.1 Å². The molecule has 0 aliphatic carbocycles. The number of unbranched alkanes of at least 4 members (excludes halogenated alkanes) is 1. The van der Waals surface area contributed by atoms with Gasteiger partial charge in [-0.05, 0) is 6.42 Å². The smallest absolute Gasteiger partial charge is 0.270 e. The van der Waals surface area contributed by atoms with Crippen LogP contribution in [0.4, 0.5) is 5.13 Å². The molecule has 5 nitrogen and oxygen atoms in total. The Morgan fingerprint density at radius 1 is 1.62 bits per heavy atom. The molecule has 0 aliphatic rings. The molecule has 1 amide bonds. The number of amides is 1. The van der Waals surface area contributed by atoms with Crippen LogP contribution in [0.15, 0.2) is 5.38 Å². The number of nitrogens with one attached hydrogen (secondary N) is 1. The van der Waals surface area contributed by atoms with Crippen molar-refractivity contribution in [2.75, 3.05) is 25.5 Å². The van der Waals surface area contributed by atoms with Crippen LogP contribution in [0.3, 0.4) is 0 Å². The van der Waals surface area contributed by atoms with Crippen LogP contribution in [-0.2, 0) is 4.74 Å². The van der Waals surface area contributed by atoms with Crippen LogP contribution in [0.25, 0.3) is 0 Å². The monoisotopic (exact) mass is 243 g/mol. The topological polar surface area (TPSA) is 77.2 Å². The summed E-state index contributed by atoms with van der Waals surface area (Å²) >= 11 is 1.26. The molecule has 1 aromatic heterocycles. The normalized spacial score (nSPS) is 10.3. The lowest BCUT2D eigenvalue weighted by molar-refractivity contribution is 0.0909. The van der Waals surface area contributed by atoms with Crippen molar-refractivity contribution in [2.45, 2.75) is 19.8 Å². The molecule has 0 unspecified atom stereocenters. The molecule has 6 heteroatoms. The molecule has 0 radical (unpaired) electrons. The summed E-state index contributed by atoms with van der Waals surface area (Å²) < 4.78 is 5.31. The number of ether oxygens (including phenoxy) is 1. The van der Waals surface area contributed by atoms with Gasteiger partial charge in [-0.2, -0.15) is 0 Å². The minimum absolute atomic E-state index is 0.202. The zero-order chi connectivity index (χ0) is 11.8. The fraction of sp³-hybridized carbons (Fsp3) is 0.600. The van der Waals surface area contributed by atoms with Gasteiger partial charge < -0.3 is 15.8 Å². The number of anilines is 1. The molecule has 1 rings (SSSR count). The maximum Gasteiger partial charge on any atom is 0.270 e. The first-order valence-electron chi connectivity index (χ1n) is 5.31. The van der Waals surface area contributed by atoms with E-state index in [0.717, 1.165) is 19.4 Å². The number of nitrogens with two attached hydrogens (primary N) is 1. The summed E-state index contributed by atoms with van der Waals surface area (Å²) in [6.07, 6.45) is 2.17. The van der Waals surface area contributed by atoms with Gasteiger partial charge in [0, 0.05) is 18.5 Å². The number of aromatic nitrogens is 1. The van der Waals surface area contributed by atoms with E-state index in [1.807, 2.05) is 0 Å². The highest BCUT2D eigenvalue weighted by atomic mass is 32.1. The lowest BCUT2D eigenvalue weighted by Crippen LogP contribution is -2.27. The number of hydrogen-bond donors (Lipinski definition) is 2. The van der Waals surface area contributed by atoms with E-state index in [-0.39, 0.29) is 5.91 Å². The van der Waals surface area contributed by atoms with Crippen LogP contribution >= 0.6 is 11.3 Å². The van der Waals surface area contributed by atoms with Crippen molar-refractivity contribution < 1.29 is 9.53 Å². The largest absolute Gasteiger partial charge is 0.380 e. The molecule has 0 spiro atoms. The standard InChI is InChI=1S/C10H17N3O2S/c1-2-3-5-15-6-4-12-9(14)8-7-16-10(11)13-8/h7H,2-6H2,1H3,(H2,11,13)(H,12,14). The van der Waals surface area contributed by atoms with Crippen LogP contribution in [0.5, 0.6) is 0 Å². The van der Waals surface area contributed by atoms with Crippen molar-refractivity contribution in [3.63, 3.8) is 0 Å². The lowest BCUT2D eigenvalue weighted by atomic mass is 10.4. The number of nitrogen functional groups attached to an aromatic ring is 1. The molecule has 0 bridgehead atoms. The molecule has 1 heterocycles. The van der Waals surface area contributed by atoms with Crippen LogP contribution in [0.2, 0.25) is 0 Å². The van der Waals surface area contributed by atoms with E-state index in [1.165, 1.54) is 11.3 Å². The summed E-state index contributed by atoms with van der Waals surface area (Å²) in [6, 6.07) is 0. The predicted octanol–water partition coefficient (Wildman–Crippen LogP) is 1.27. The number of hydrogen-bond acceptors (Lipinski definition) is 5. The summed E-state index contributed by atoms with van der Waals surface area (Å²) in [6.45, 7) is 3.89. The second-order valence-corrected chi connectivity index (χ2v) is 4.18. The van der Waals surface area contributed by atoms with E-state index in [9.17, 15) is 4.79 Å². The fourth-order valence-electron chi connectivity index (χ4n) is 1.07. The highest BCUT2D eigenvalue weighted by Gasteiger charge is 2.08. The number of carbonyl (C=O) groups is 1. The third-order valence-corrected chi connectivity index (χ3v) is 2.60. The number of rotatable bonds is 7. The Bertz CT molecular complexity index is 328. The highest BCUT2D eigenvalue weighted by Crippen LogP contribution is 2.10. The zero-order valence-electron chi connectivity index (χ0n) is 9.36. The molecule has 0 aromatic carbocycles. The Hall–Kier alpha value is -1.14. The predicted molar refractivity (Wildman–Crippen MR) is 64.6 cm³/mol. The molecular weight excluding hydrogens is 226 g/mol. The van der Waals surface area contributed by atoms with Crippen molar-refractivity contribution in [3.8, 4) is 0 Å². The molecule has 1 aromatic rings. The van der Waals surface area contributed by atoms with E-state index in [1.54, 1.807) is 5.38 Å². The van der Waals surface area contributed by atoms with E-state index in [4.69, 9.17) is 10.5 Å². The Morgan fingerprint density at radius 3 is 3.06 bits per heavy atom. The quantitative estimate of drug-likeness (QED) is 0.707. The van der Waals surface area contributed by atoms with Crippen LogP contribution in [0.1, 0.15) is 30.3 Å². The minimum atomic E-state index is -0.202. The third kappa shape index (κ3) is 4.59. The zero-order valence-corrected chi connectivity index (χ0v) is 10.2. The molecule has 90 valence electrons. The summed E-state index contributed by atoms with van der Waals surface area (Å²) in [5.41, 5.74) is 5.80. The Kier molecular flexibility index (Phi) is 5.81. The number of nitrogens with zero attached hydrogens (tertiary/aromatic N) is 1. The van der Waals surface area contributed by atoms with Crippen LogP contribution in [0, 0.1) is 0 Å². The molecule has 0 atom stereocenters. The Labute approximate surface area is 99.0 Å². The SMILES string of the molecule is CCCCOCCNC(=O)c1csc(N)n1. The molecule has 3 N–H and O–H groups in total. The number of thiazole rings is 1. The molecule has 0 saturated heterocycles. The second kappa shape index (κ2) is 7.19. The van der Waals surface area contributed by atoms with Crippen LogP contribution < -0.4 is 11.1 Å². The van der Waals surface area contributed by atoms with Crippen molar-refractivity contribution >= 4 is 22.4 Å². The Balaban J connectivity index is 2.11. The van der Waals surface area contributed by atoms with Gasteiger partial charge in [0.15, 0.2) is 5.13 Å². The van der Waals surface area contributed by atoms with Crippen molar-refractivity contribution in [1.29, 1.82) is 0 Å². The van der Waals surface area contributed by atoms with Gasteiger partial charge in [0.1, 0.15) is 5.69 Å². The van der Waals surface area contributed by atoms with Gasteiger partial charge in [-0.3, -0.25) is 4.79 Å². The van der Waals surface area contributed by atoms with E-state index >= 15 is 0 Å². The van der Waals surface area contributed by atoms with E-state index in [2.05, 4.69) is 17.2 Å². The molecule has 16 heavy (non-hydrogen) atoms. The molecule has 0 fully saturated rings. The molecular formula is C10H17N3O2S. The van der Waals surface area contributed by atoms with Gasteiger partial charge in [0.25, 0.3) is 5.91 Å². The van der Waals surface area contributed by atoms with Crippen LogP contribution in [-0.4, -0.2) is 30.6 Å². The molecule has 0 saturated carbocycles. The second-order valence-electron chi connectivity index (χ2n) is 3.29. The van der Waals surface area contributed by atoms with Gasteiger partial charge in [0.2, 0.25) is 0 Å². The third-order valence-electron chi connectivity index (χ3n) is 1.93. The lowest BCUT2D eigenvalue weighted by Gasteiger charge is -2.04. The van der Waals surface area contributed by atoms with Gasteiger partial charge in [-0.25, -0.2) is 4.98 Å². The Morgan fingerprint density at radius 2 is 2.44 bits per heavy atom. The maximum absolute atomic E-state index is 11.5. The van der Waals surface area contributed by atoms with Gasteiger partial charge in [0.05, 0.1) is 6.61 Å². The van der Waals surface area contributed by atoms with Crippen molar-refractivity contribution in [1.82, 2.24) is 10.3 Å². The first kappa shape index (κ1) is 12.9. The number of carbonyl (C=O) groups excluding carboxylic acids is 1. The van der Waals surface area contributed by atoms with Gasteiger partial charge >= 0.3 is 0 Å².